The molecule has 0 saturated heterocycles. The van der Waals surface area contributed by atoms with Gasteiger partial charge in [0.25, 0.3) is 5.89 Å². The van der Waals surface area contributed by atoms with Crippen molar-refractivity contribution in [3.05, 3.63) is 53.1 Å². The Balaban J connectivity index is 1.98. The van der Waals surface area contributed by atoms with Crippen molar-refractivity contribution in [3.63, 3.8) is 0 Å². The zero-order valence-electron chi connectivity index (χ0n) is 12.3. The van der Waals surface area contributed by atoms with Crippen molar-refractivity contribution in [2.24, 2.45) is 0 Å². The van der Waals surface area contributed by atoms with Gasteiger partial charge in [-0.05, 0) is 30.2 Å². The van der Waals surface area contributed by atoms with Crippen molar-refractivity contribution in [1.82, 2.24) is 10.1 Å². The first kappa shape index (κ1) is 14.6. The van der Waals surface area contributed by atoms with E-state index in [-0.39, 0.29) is 0 Å². The third kappa shape index (κ3) is 2.83. The molecule has 0 aliphatic carbocycles. The maximum atomic E-state index is 6.04. The van der Waals surface area contributed by atoms with E-state index < -0.39 is 0 Å². The lowest BCUT2D eigenvalue weighted by Gasteiger charge is -2.04. The van der Waals surface area contributed by atoms with Crippen molar-refractivity contribution in [3.8, 4) is 28.6 Å². The van der Waals surface area contributed by atoms with Crippen LogP contribution in [-0.2, 0) is 6.42 Å². The molecular weight excluding hydrogens is 300 g/mol. The van der Waals surface area contributed by atoms with Crippen LogP contribution >= 0.6 is 11.6 Å². The largest absolute Gasteiger partial charge is 0.496 e. The Morgan fingerprint density at radius 1 is 1.14 bits per heavy atom. The number of nitrogens with zero attached hydrogens (tertiary/aromatic N) is 2. The second kappa shape index (κ2) is 6.20. The highest BCUT2D eigenvalue weighted by molar-refractivity contribution is 6.30. The van der Waals surface area contributed by atoms with Crippen molar-refractivity contribution >= 4 is 11.6 Å². The third-order valence-electron chi connectivity index (χ3n) is 3.44. The summed E-state index contributed by atoms with van der Waals surface area (Å²) in [7, 11) is 1.59. The van der Waals surface area contributed by atoms with Gasteiger partial charge in [-0.2, -0.15) is 4.98 Å². The molecule has 0 fully saturated rings. The molecule has 2 aromatic carbocycles. The summed E-state index contributed by atoms with van der Waals surface area (Å²) in [5.41, 5.74) is 2.86. The Bertz CT molecular complexity index is 782. The summed E-state index contributed by atoms with van der Waals surface area (Å²) in [5.74, 6) is 1.56. The lowest BCUT2D eigenvalue weighted by molar-refractivity contribution is 0.405. The van der Waals surface area contributed by atoms with Crippen LogP contribution in [0.3, 0.4) is 0 Å². The Hall–Kier alpha value is -2.33. The number of hydrogen-bond acceptors (Lipinski definition) is 4. The number of hydrogen-bond donors (Lipinski definition) is 0. The molecular formula is C17H15ClN2O2. The van der Waals surface area contributed by atoms with Gasteiger partial charge in [-0.25, -0.2) is 0 Å². The van der Waals surface area contributed by atoms with Gasteiger partial charge >= 0.3 is 0 Å². The number of ether oxygens (including phenoxy) is 1. The van der Waals surface area contributed by atoms with Crippen LogP contribution in [-0.4, -0.2) is 17.3 Å². The van der Waals surface area contributed by atoms with Gasteiger partial charge in [0.2, 0.25) is 5.82 Å². The van der Waals surface area contributed by atoms with Crippen LogP contribution in [0.25, 0.3) is 22.8 Å². The van der Waals surface area contributed by atoms with E-state index in [0.717, 1.165) is 12.0 Å². The first-order valence-corrected chi connectivity index (χ1v) is 7.36. The topological polar surface area (TPSA) is 48.2 Å². The minimum atomic E-state index is 0.383. The van der Waals surface area contributed by atoms with Gasteiger partial charge < -0.3 is 9.26 Å². The van der Waals surface area contributed by atoms with E-state index in [4.69, 9.17) is 20.9 Å². The molecule has 0 radical (unpaired) electrons. The first-order valence-electron chi connectivity index (χ1n) is 6.98. The summed E-state index contributed by atoms with van der Waals surface area (Å²) < 4.78 is 10.7. The van der Waals surface area contributed by atoms with E-state index in [0.29, 0.717) is 28.1 Å². The molecule has 0 unspecified atom stereocenters. The molecule has 4 nitrogen and oxygen atoms in total. The fraction of sp³-hybridized carbons (Fsp3) is 0.176. The lowest BCUT2D eigenvalue weighted by Crippen LogP contribution is -1.88. The molecule has 112 valence electrons. The minimum Gasteiger partial charge on any atom is -0.496 e. The average Bonchev–Trinajstić information content (AvgIpc) is 3.04. The molecule has 0 atom stereocenters. The standard InChI is InChI=1S/C17H15ClN2O2/c1-3-11-4-6-12(7-5-11)16-19-17(22-20-16)14-10-13(18)8-9-15(14)21-2/h4-10H,3H2,1-2H3. The van der Waals surface area contributed by atoms with Gasteiger partial charge in [-0.3, -0.25) is 0 Å². The number of benzene rings is 2. The summed E-state index contributed by atoms with van der Waals surface area (Å²) >= 11 is 6.04. The Labute approximate surface area is 133 Å². The molecule has 1 heterocycles. The molecule has 3 aromatic rings. The molecule has 3 rings (SSSR count). The van der Waals surface area contributed by atoms with Crippen molar-refractivity contribution in [2.45, 2.75) is 13.3 Å². The Morgan fingerprint density at radius 2 is 1.91 bits per heavy atom. The lowest BCUT2D eigenvalue weighted by atomic mass is 10.1. The van der Waals surface area contributed by atoms with Gasteiger partial charge in [0, 0.05) is 10.6 Å². The van der Waals surface area contributed by atoms with Crippen molar-refractivity contribution in [1.29, 1.82) is 0 Å². The van der Waals surface area contributed by atoms with Crippen LogP contribution in [0.2, 0.25) is 5.02 Å². The minimum absolute atomic E-state index is 0.383. The number of rotatable bonds is 4. The number of halogens is 1. The zero-order chi connectivity index (χ0) is 15.5. The third-order valence-corrected chi connectivity index (χ3v) is 3.67. The highest BCUT2D eigenvalue weighted by atomic mass is 35.5. The quantitative estimate of drug-likeness (QED) is 0.704. The summed E-state index contributed by atoms with van der Waals surface area (Å²) in [6.07, 6.45) is 0.998. The summed E-state index contributed by atoms with van der Waals surface area (Å²) in [6, 6.07) is 13.4. The van der Waals surface area contributed by atoms with E-state index in [9.17, 15) is 0 Å². The molecule has 0 aliphatic heterocycles. The van der Waals surface area contributed by atoms with E-state index in [1.54, 1.807) is 25.3 Å². The van der Waals surface area contributed by atoms with Crippen LogP contribution in [0.4, 0.5) is 0 Å². The van der Waals surface area contributed by atoms with Gasteiger partial charge in [-0.1, -0.05) is 47.9 Å². The maximum absolute atomic E-state index is 6.04. The van der Waals surface area contributed by atoms with E-state index in [1.165, 1.54) is 5.56 Å². The molecule has 1 aromatic heterocycles. The zero-order valence-corrected chi connectivity index (χ0v) is 13.1. The molecule has 0 bridgehead atoms. The molecule has 5 heteroatoms. The normalized spacial score (nSPS) is 10.7. The van der Waals surface area contributed by atoms with Gasteiger partial charge in [-0.15, -0.1) is 0 Å². The highest BCUT2D eigenvalue weighted by Gasteiger charge is 2.15. The summed E-state index contributed by atoms with van der Waals surface area (Å²) in [4.78, 5) is 4.44. The van der Waals surface area contributed by atoms with E-state index in [2.05, 4.69) is 29.2 Å². The molecule has 0 saturated carbocycles. The SMILES string of the molecule is CCc1ccc(-c2noc(-c3cc(Cl)ccc3OC)n2)cc1. The van der Waals surface area contributed by atoms with Crippen LogP contribution in [0.1, 0.15) is 12.5 Å². The van der Waals surface area contributed by atoms with Crippen molar-refractivity contribution in [2.75, 3.05) is 7.11 Å². The summed E-state index contributed by atoms with van der Waals surface area (Å²) in [5, 5.41) is 4.62. The summed E-state index contributed by atoms with van der Waals surface area (Å²) in [6.45, 7) is 2.12. The first-order chi connectivity index (χ1) is 10.7. The van der Waals surface area contributed by atoms with Crippen LogP contribution in [0.5, 0.6) is 5.75 Å². The Morgan fingerprint density at radius 3 is 2.59 bits per heavy atom. The van der Waals surface area contributed by atoms with Crippen LogP contribution < -0.4 is 4.74 Å². The van der Waals surface area contributed by atoms with Gasteiger partial charge in [0.05, 0.1) is 12.7 Å². The number of methoxy groups -OCH3 is 1. The molecule has 0 N–H and O–H groups in total. The maximum Gasteiger partial charge on any atom is 0.262 e. The van der Waals surface area contributed by atoms with E-state index in [1.807, 2.05) is 12.1 Å². The second-order valence-electron chi connectivity index (χ2n) is 4.82. The van der Waals surface area contributed by atoms with Crippen LogP contribution in [0, 0.1) is 0 Å². The predicted molar refractivity (Wildman–Crippen MR) is 86.1 cm³/mol. The smallest absolute Gasteiger partial charge is 0.262 e. The fourth-order valence-corrected chi connectivity index (χ4v) is 2.36. The second-order valence-corrected chi connectivity index (χ2v) is 5.25. The van der Waals surface area contributed by atoms with E-state index >= 15 is 0 Å². The molecule has 0 amide bonds. The highest BCUT2D eigenvalue weighted by Crippen LogP contribution is 2.32. The van der Waals surface area contributed by atoms with Gasteiger partial charge in [0.15, 0.2) is 0 Å². The average molecular weight is 315 g/mol. The molecule has 0 aliphatic rings. The predicted octanol–water partition coefficient (Wildman–Crippen LogP) is 4.63. The fourth-order valence-electron chi connectivity index (χ4n) is 2.19. The molecule has 22 heavy (non-hydrogen) atoms. The number of aromatic nitrogens is 2. The van der Waals surface area contributed by atoms with Crippen LogP contribution in [0.15, 0.2) is 47.0 Å². The number of aryl methyl sites for hydroxylation is 1. The Kier molecular flexibility index (Phi) is 4.11. The molecule has 0 spiro atoms. The van der Waals surface area contributed by atoms with Gasteiger partial charge in [0.1, 0.15) is 5.75 Å². The monoisotopic (exact) mass is 314 g/mol. The van der Waals surface area contributed by atoms with Crippen molar-refractivity contribution < 1.29 is 9.26 Å².